The molecule has 0 spiro atoms. The van der Waals surface area contributed by atoms with Gasteiger partial charge in [0.2, 0.25) is 5.91 Å². The number of fused-ring (bicyclic) bond motifs is 1. The lowest BCUT2D eigenvalue weighted by Gasteiger charge is -2.11. The van der Waals surface area contributed by atoms with Crippen molar-refractivity contribution in [2.45, 2.75) is 17.9 Å². The molecule has 0 radical (unpaired) electrons. The minimum absolute atomic E-state index is 0.0158. The molecule has 4 rings (SSSR count). The van der Waals surface area contributed by atoms with Crippen LogP contribution in [0.5, 0.6) is 0 Å². The van der Waals surface area contributed by atoms with Crippen LogP contribution in [0.3, 0.4) is 0 Å². The normalized spacial score (nSPS) is 12.8. The van der Waals surface area contributed by atoms with Gasteiger partial charge in [0.25, 0.3) is 0 Å². The van der Waals surface area contributed by atoms with E-state index in [4.69, 9.17) is 5.10 Å². The fourth-order valence-electron chi connectivity index (χ4n) is 2.85. The van der Waals surface area contributed by atoms with Gasteiger partial charge < -0.3 is 5.32 Å². The standard InChI is InChI=1S/C19H17N3OS/c23-18(11-14-7-3-1-4-8-14)20-19-16-12-24-13-17(16)21-22(19)15-9-5-2-6-10-15/h1-10H,11-13H2,(H,20,23). The molecular weight excluding hydrogens is 318 g/mol. The zero-order chi connectivity index (χ0) is 16.4. The molecule has 1 aliphatic heterocycles. The van der Waals surface area contributed by atoms with Crippen molar-refractivity contribution in [3.05, 3.63) is 77.5 Å². The number of carbonyl (C=O) groups is 1. The Hall–Kier alpha value is -2.53. The number of rotatable bonds is 4. The molecule has 0 aliphatic carbocycles. The van der Waals surface area contributed by atoms with E-state index in [0.717, 1.165) is 39.8 Å². The number of para-hydroxylation sites is 1. The predicted molar refractivity (Wildman–Crippen MR) is 97.3 cm³/mol. The lowest BCUT2D eigenvalue weighted by Crippen LogP contribution is -2.18. The molecule has 0 bridgehead atoms. The Bertz CT molecular complexity index is 859. The van der Waals surface area contributed by atoms with Gasteiger partial charge in [-0.2, -0.15) is 16.9 Å². The minimum atomic E-state index is -0.0158. The third-order valence-electron chi connectivity index (χ3n) is 4.02. The van der Waals surface area contributed by atoms with Gasteiger partial charge in [-0.1, -0.05) is 48.5 Å². The number of hydrogen-bond donors (Lipinski definition) is 1. The quantitative estimate of drug-likeness (QED) is 0.789. The van der Waals surface area contributed by atoms with Gasteiger partial charge in [0.05, 0.1) is 17.8 Å². The number of nitrogens with one attached hydrogen (secondary N) is 1. The van der Waals surface area contributed by atoms with Crippen LogP contribution in [0.1, 0.15) is 16.8 Å². The number of hydrogen-bond acceptors (Lipinski definition) is 3. The van der Waals surface area contributed by atoms with Gasteiger partial charge in [0.1, 0.15) is 5.82 Å². The molecule has 1 aliphatic rings. The van der Waals surface area contributed by atoms with Crippen LogP contribution in [0.25, 0.3) is 5.69 Å². The van der Waals surface area contributed by atoms with Crippen molar-refractivity contribution in [2.75, 3.05) is 5.32 Å². The maximum Gasteiger partial charge on any atom is 0.229 e. The summed E-state index contributed by atoms with van der Waals surface area (Å²) in [7, 11) is 0. The predicted octanol–water partition coefficient (Wildman–Crippen LogP) is 3.80. The number of amides is 1. The summed E-state index contributed by atoms with van der Waals surface area (Å²) in [6.45, 7) is 0. The van der Waals surface area contributed by atoms with Gasteiger partial charge in [0, 0.05) is 17.1 Å². The van der Waals surface area contributed by atoms with E-state index in [1.807, 2.05) is 77.1 Å². The first kappa shape index (κ1) is 15.0. The van der Waals surface area contributed by atoms with Crippen molar-refractivity contribution in [2.24, 2.45) is 0 Å². The summed E-state index contributed by atoms with van der Waals surface area (Å²) in [4.78, 5) is 12.5. The fraction of sp³-hybridized carbons (Fsp3) is 0.158. The van der Waals surface area contributed by atoms with Crippen LogP contribution < -0.4 is 5.32 Å². The molecule has 1 N–H and O–H groups in total. The zero-order valence-corrected chi connectivity index (χ0v) is 13.9. The third-order valence-corrected chi connectivity index (χ3v) is 4.99. The van der Waals surface area contributed by atoms with E-state index in [1.54, 1.807) is 0 Å². The SMILES string of the molecule is O=C(Cc1ccccc1)Nc1c2c(nn1-c1ccccc1)CSC2. The lowest BCUT2D eigenvalue weighted by atomic mass is 10.1. The van der Waals surface area contributed by atoms with E-state index in [2.05, 4.69) is 5.32 Å². The number of anilines is 1. The average Bonchev–Trinajstić information content (AvgIpc) is 3.19. The summed E-state index contributed by atoms with van der Waals surface area (Å²) >= 11 is 1.83. The highest BCUT2D eigenvalue weighted by molar-refractivity contribution is 7.98. The van der Waals surface area contributed by atoms with Crippen LogP contribution >= 0.6 is 11.8 Å². The summed E-state index contributed by atoms with van der Waals surface area (Å²) in [5.74, 6) is 2.58. The topological polar surface area (TPSA) is 46.9 Å². The molecule has 24 heavy (non-hydrogen) atoms. The van der Waals surface area contributed by atoms with E-state index >= 15 is 0 Å². The Morgan fingerprint density at radius 3 is 2.50 bits per heavy atom. The van der Waals surface area contributed by atoms with Crippen molar-refractivity contribution < 1.29 is 4.79 Å². The lowest BCUT2D eigenvalue weighted by molar-refractivity contribution is -0.115. The number of carbonyl (C=O) groups excluding carboxylic acids is 1. The van der Waals surface area contributed by atoms with Crippen molar-refractivity contribution in [1.29, 1.82) is 0 Å². The van der Waals surface area contributed by atoms with E-state index in [-0.39, 0.29) is 5.91 Å². The molecule has 4 nitrogen and oxygen atoms in total. The molecular formula is C19H17N3OS. The van der Waals surface area contributed by atoms with Gasteiger partial charge >= 0.3 is 0 Å². The van der Waals surface area contributed by atoms with Crippen LogP contribution in [-0.4, -0.2) is 15.7 Å². The molecule has 5 heteroatoms. The number of aromatic nitrogens is 2. The number of benzene rings is 2. The van der Waals surface area contributed by atoms with E-state index in [1.165, 1.54) is 0 Å². The summed E-state index contributed by atoms with van der Waals surface area (Å²) in [5.41, 5.74) is 4.18. The summed E-state index contributed by atoms with van der Waals surface area (Å²) in [5, 5.41) is 7.79. The molecule has 0 fully saturated rings. The maximum atomic E-state index is 12.5. The first-order valence-corrected chi connectivity index (χ1v) is 9.04. The Labute approximate surface area is 144 Å². The molecule has 2 heterocycles. The van der Waals surface area contributed by atoms with E-state index < -0.39 is 0 Å². The van der Waals surface area contributed by atoms with Crippen molar-refractivity contribution >= 4 is 23.5 Å². The molecule has 0 saturated heterocycles. The molecule has 0 saturated carbocycles. The highest BCUT2D eigenvalue weighted by Gasteiger charge is 2.24. The molecule has 120 valence electrons. The third kappa shape index (κ3) is 2.95. The zero-order valence-electron chi connectivity index (χ0n) is 13.1. The highest BCUT2D eigenvalue weighted by Crippen LogP contribution is 2.36. The van der Waals surface area contributed by atoms with Crippen molar-refractivity contribution in [3.63, 3.8) is 0 Å². The second-order valence-corrected chi connectivity index (χ2v) is 6.71. The number of thioether (sulfide) groups is 1. The molecule has 1 aromatic heterocycles. The van der Waals surface area contributed by atoms with E-state index in [9.17, 15) is 4.79 Å². The van der Waals surface area contributed by atoms with Crippen LogP contribution in [0, 0.1) is 0 Å². The van der Waals surface area contributed by atoms with Crippen LogP contribution in [0.4, 0.5) is 5.82 Å². The Morgan fingerprint density at radius 2 is 1.75 bits per heavy atom. The Balaban J connectivity index is 1.63. The van der Waals surface area contributed by atoms with Crippen LogP contribution in [0.2, 0.25) is 0 Å². The van der Waals surface area contributed by atoms with Crippen LogP contribution in [-0.2, 0) is 22.7 Å². The molecule has 1 amide bonds. The Morgan fingerprint density at radius 1 is 1.04 bits per heavy atom. The summed E-state index contributed by atoms with van der Waals surface area (Å²) < 4.78 is 1.85. The maximum absolute atomic E-state index is 12.5. The van der Waals surface area contributed by atoms with Gasteiger partial charge in [-0.25, -0.2) is 4.68 Å². The molecule has 2 aromatic carbocycles. The van der Waals surface area contributed by atoms with Gasteiger partial charge in [-0.05, 0) is 17.7 Å². The van der Waals surface area contributed by atoms with Crippen molar-refractivity contribution in [1.82, 2.24) is 9.78 Å². The first-order chi connectivity index (χ1) is 11.8. The molecule has 0 unspecified atom stereocenters. The average molecular weight is 335 g/mol. The Kier molecular flexibility index (Phi) is 4.09. The molecule has 3 aromatic rings. The monoisotopic (exact) mass is 335 g/mol. The summed E-state index contributed by atoms with van der Waals surface area (Å²) in [6.07, 6.45) is 0.364. The molecule has 0 atom stereocenters. The minimum Gasteiger partial charge on any atom is -0.310 e. The second-order valence-electron chi connectivity index (χ2n) is 5.72. The van der Waals surface area contributed by atoms with E-state index in [0.29, 0.717) is 6.42 Å². The summed E-state index contributed by atoms with van der Waals surface area (Å²) in [6, 6.07) is 19.7. The van der Waals surface area contributed by atoms with Crippen LogP contribution in [0.15, 0.2) is 60.7 Å². The fourth-order valence-corrected chi connectivity index (χ4v) is 3.89. The largest absolute Gasteiger partial charge is 0.310 e. The van der Waals surface area contributed by atoms with Crippen molar-refractivity contribution in [3.8, 4) is 5.69 Å². The smallest absolute Gasteiger partial charge is 0.229 e. The second kappa shape index (κ2) is 6.53. The number of nitrogens with zero attached hydrogens (tertiary/aromatic N) is 2. The van der Waals surface area contributed by atoms with Gasteiger partial charge in [-0.3, -0.25) is 4.79 Å². The van der Waals surface area contributed by atoms with Gasteiger partial charge in [0.15, 0.2) is 0 Å². The highest BCUT2D eigenvalue weighted by atomic mass is 32.2. The first-order valence-electron chi connectivity index (χ1n) is 7.89. The van der Waals surface area contributed by atoms with Gasteiger partial charge in [-0.15, -0.1) is 0 Å².